The smallest absolute Gasteiger partial charge is 0.546 e. The normalized spacial score (nSPS) is 12.4. The first-order valence-electron chi connectivity index (χ1n) is 8.33. The lowest BCUT2D eigenvalue weighted by molar-refractivity contribution is 0.531. The predicted octanol–water partition coefficient (Wildman–Crippen LogP) is 6.00. The van der Waals surface area contributed by atoms with E-state index < -0.39 is 14.5 Å². The summed E-state index contributed by atoms with van der Waals surface area (Å²) in [7, 11) is 0. The Balaban J connectivity index is 3.40. The molecule has 1 aromatic carbocycles. The van der Waals surface area contributed by atoms with E-state index in [9.17, 15) is 0 Å². The summed E-state index contributed by atoms with van der Waals surface area (Å²) in [6, 6.07) is 4.58. The van der Waals surface area contributed by atoms with Crippen molar-refractivity contribution in [1.82, 2.24) is 0 Å². The molecule has 0 aromatic heterocycles. The van der Waals surface area contributed by atoms with Crippen molar-refractivity contribution in [3.63, 3.8) is 0 Å². The molecule has 0 amide bonds. The number of hydrogen-bond acceptors (Lipinski definition) is 1. The van der Waals surface area contributed by atoms with Crippen LogP contribution in [0.25, 0.3) is 0 Å². The van der Waals surface area contributed by atoms with Gasteiger partial charge in [0.1, 0.15) is 0 Å². The largest absolute Gasteiger partial charge is 0.643 e. The highest BCUT2D eigenvalue weighted by molar-refractivity contribution is 6.52. The zero-order valence-electron chi connectivity index (χ0n) is 15.6. The standard InChI is InChI=1S/C15H24O.2C2H5.Al/c1-10-12(14(2,3)4)8-11(16)9-13(10)15(5,6)7;2*1-2;/h8-9,16H,1-7H3;2*1H2,2H3;/q;;;+1/p-1. The van der Waals surface area contributed by atoms with Crippen molar-refractivity contribution in [2.24, 2.45) is 0 Å². The van der Waals surface area contributed by atoms with E-state index in [0.29, 0.717) is 0 Å². The van der Waals surface area contributed by atoms with Gasteiger partial charge in [0, 0.05) is 0 Å². The second-order valence-corrected chi connectivity index (χ2v) is 11.3. The molecule has 0 atom stereocenters. The average molecular weight is 304 g/mol. The van der Waals surface area contributed by atoms with E-state index in [1.807, 2.05) is 0 Å². The summed E-state index contributed by atoms with van der Waals surface area (Å²) in [5.41, 5.74) is 4.57. The van der Waals surface area contributed by atoms with Crippen LogP contribution in [0.1, 0.15) is 72.1 Å². The van der Waals surface area contributed by atoms with Gasteiger partial charge in [-0.1, -0.05) is 66.0 Å². The van der Waals surface area contributed by atoms with Gasteiger partial charge < -0.3 is 3.79 Å². The Bertz CT molecular complexity index is 438. The Labute approximate surface area is 136 Å². The molecule has 0 unspecified atom stereocenters. The zero-order chi connectivity index (χ0) is 16.4. The van der Waals surface area contributed by atoms with E-state index in [0.717, 1.165) is 5.75 Å². The molecular formula is C19H33AlO. The van der Waals surface area contributed by atoms with Crippen molar-refractivity contribution in [1.29, 1.82) is 0 Å². The molecule has 0 spiro atoms. The lowest BCUT2D eigenvalue weighted by atomic mass is 9.76. The molecule has 0 saturated heterocycles. The number of hydrogen-bond donors (Lipinski definition) is 0. The fourth-order valence-corrected chi connectivity index (χ4v) is 4.39. The molecule has 0 aliphatic heterocycles. The zero-order valence-corrected chi connectivity index (χ0v) is 16.7. The molecule has 1 rings (SSSR count). The first-order valence-corrected chi connectivity index (χ1v) is 10.4. The third kappa shape index (κ3) is 4.77. The summed E-state index contributed by atoms with van der Waals surface area (Å²) in [5, 5.41) is 2.39. The van der Waals surface area contributed by atoms with Gasteiger partial charge in [0.25, 0.3) is 0 Å². The molecule has 118 valence electrons. The van der Waals surface area contributed by atoms with Crippen molar-refractivity contribution in [2.75, 3.05) is 0 Å². The highest BCUT2D eigenvalue weighted by Crippen LogP contribution is 2.37. The topological polar surface area (TPSA) is 9.23 Å². The maximum absolute atomic E-state index is 6.38. The molecular weight excluding hydrogens is 271 g/mol. The van der Waals surface area contributed by atoms with Crippen LogP contribution >= 0.6 is 0 Å². The summed E-state index contributed by atoms with van der Waals surface area (Å²) in [6.07, 6.45) is 0. The molecule has 0 radical (unpaired) electrons. The van der Waals surface area contributed by atoms with Gasteiger partial charge in [0.05, 0.1) is 5.75 Å². The van der Waals surface area contributed by atoms with Crippen molar-refractivity contribution < 1.29 is 3.79 Å². The molecule has 2 heteroatoms. The van der Waals surface area contributed by atoms with E-state index in [2.05, 4.69) is 74.4 Å². The SMILES string of the molecule is C[CH2][Al]([CH2]C)[O]c1cc(C(C)(C)C)c(C)c(C(C)(C)C)c1. The van der Waals surface area contributed by atoms with Gasteiger partial charge >= 0.3 is 14.5 Å². The Kier molecular flexibility index (Phi) is 5.99. The highest BCUT2D eigenvalue weighted by Gasteiger charge is 2.26. The summed E-state index contributed by atoms with van der Waals surface area (Å²) in [4.78, 5) is 0. The van der Waals surface area contributed by atoms with Crippen LogP contribution in [0.15, 0.2) is 12.1 Å². The molecule has 0 fully saturated rings. The molecule has 0 bridgehead atoms. The van der Waals surface area contributed by atoms with E-state index in [1.165, 1.54) is 27.3 Å². The minimum atomic E-state index is -1.08. The van der Waals surface area contributed by atoms with Gasteiger partial charge in [-0.3, -0.25) is 0 Å². The molecule has 0 saturated carbocycles. The molecule has 0 heterocycles. The van der Waals surface area contributed by atoms with Gasteiger partial charge in [0.15, 0.2) is 0 Å². The first-order chi connectivity index (χ1) is 9.50. The summed E-state index contributed by atoms with van der Waals surface area (Å²) in [6.45, 7) is 20.5. The van der Waals surface area contributed by atoms with Gasteiger partial charge in [-0.25, -0.2) is 0 Å². The van der Waals surface area contributed by atoms with Crippen LogP contribution in [0.5, 0.6) is 5.75 Å². The predicted molar refractivity (Wildman–Crippen MR) is 95.9 cm³/mol. The van der Waals surface area contributed by atoms with E-state index in [-0.39, 0.29) is 10.8 Å². The second-order valence-electron chi connectivity index (χ2n) is 8.20. The summed E-state index contributed by atoms with van der Waals surface area (Å²) < 4.78 is 6.38. The van der Waals surface area contributed by atoms with Crippen LogP contribution in [0.4, 0.5) is 0 Å². The minimum absolute atomic E-state index is 0.152. The molecule has 21 heavy (non-hydrogen) atoms. The van der Waals surface area contributed by atoms with Gasteiger partial charge in [-0.05, 0) is 46.6 Å². The van der Waals surface area contributed by atoms with E-state index in [4.69, 9.17) is 3.79 Å². The second kappa shape index (κ2) is 6.76. The van der Waals surface area contributed by atoms with Crippen molar-refractivity contribution in [3.05, 3.63) is 28.8 Å². The van der Waals surface area contributed by atoms with E-state index >= 15 is 0 Å². The summed E-state index contributed by atoms with van der Waals surface area (Å²) >= 11 is -1.08. The average Bonchev–Trinajstić information content (AvgIpc) is 2.34. The summed E-state index contributed by atoms with van der Waals surface area (Å²) in [5.74, 6) is 1.09. The van der Waals surface area contributed by atoms with Crippen molar-refractivity contribution in [3.8, 4) is 5.75 Å². The first kappa shape index (κ1) is 18.6. The third-order valence-corrected chi connectivity index (χ3v) is 6.64. The monoisotopic (exact) mass is 304 g/mol. The van der Waals surface area contributed by atoms with Crippen LogP contribution in [0, 0.1) is 6.92 Å². The Hall–Kier alpha value is -0.448. The van der Waals surface area contributed by atoms with Crippen LogP contribution in [0.3, 0.4) is 0 Å². The molecule has 1 nitrogen and oxygen atoms in total. The Morgan fingerprint density at radius 1 is 0.857 bits per heavy atom. The van der Waals surface area contributed by atoms with Crippen LogP contribution in [-0.4, -0.2) is 14.5 Å². The maximum Gasteiger partial charge on any atom is 0.546 e. The minimum Gasteiger partial charge on any atom is -0.643 e. The van der Waals surface area contributed by atoms with Gasteiger partial charge in [0.2, 0.25) is 0 Å². The number of rotatable bonds is 4. The van der Waals surface area contributed by atoms with Crippen LogP contribution in [-0.2, 0) is 10.8 Å². The molecule has 1 aromatic rings. The quantitative estimate of drug-likeness (QED) is 0.620. The molecule has 0 N–H and O–H groups in total. The number of benzene rings is 1. The molecule has 0 aliphatic carbocycles. The maximum atomic E-state index is 6.38. The van der Waals surface area contributed by atoms with Crippen molar-refractivity contribution in [2.45, 2.75) is 83.7 Å². The fraction of sp³-hybridized carbons (Fsp3) is 0.684. The van der Waals surface area contributed by atoms with Crippen molar-refractivity contribution >= 4 is 14.5 Å². The van der Waals surface area contributed by atoms with Crippen LogP contribution in [0.2, 0.25) is 10.6 Å². The van der Waals surface area contributed by atoms with Gasteiger partial charge in [-0.15, -0.1) is 0 Å². The Morgan fingerprint density at radius 3 is 1.52 bits per heavy atom. The fourth-order valence-electron chi connectivity index (χ4n) is 2.96. The lowest BCUT2D eigenvalue weighted by Gasteiger charge is -2.30. The van der Waals surface area contributed by atoms with Crippen LogP contribution < -0.4 is 3.79 Å². The van der Waals surface area contributed by atoms with Gasteiger partial charge in [-0.2, -0.15) is 0 Å². The van der Waals surface area contributed by atoms with E-state index in [1.54, 1.807) is 0 Å². The lowest BCUT2D eigenvalue weighted by Crippen LogP contribution is -2.23. The Morgan fingerprint density at radius 2 is 1.24 bits per heavy atom. The third-order valence-electron chi connectivity index (χ3n) is 4.21. The molecule has 0 aliphatic rings. The highest BCUT2D eigenvalue weighted by atomic mass is 27.2.